The molecular formula is C15H14N8O2. The first-order valence-corrected chi connectivity index (χ1v) is 7.42. The van der Waals surface area contributed by atoms with Gasteiger partial charge in [-0.05, 0) is 31.2 Å². The minimum absolute atomic E-state index is 0.0948. The third-order valence-electron chi connectivity index (χ3n) is 3.58. The van der Waals surface area contributed by atoms with Gasteiger partial charge in [0.25, 0.3) is 0 Å². The molecule has 0 aliphatic heterocycles. The van der Waals surface area contributed by atoms with E-state index in [4.69, 9.17) is 15.4 Å². The Morgan fingerprint density at radius 3 is 2.92 bits per heavy atom. The summed E-state index contributed by atoms with van der Waals surface area (Å²) in [6, 6.07) is 6.95. The number of nitrogen functional groups attached to an aromatic ring is 1. The molecule has 0 saturated carbocycles. The lowest BCUT2D eigenvalue weighted by Crippen LogP contribution is -2.07. The van der Waals surface area contributed by atoms with Crippen LogP contribution in [0.4, 0.5) is 11.6 Å². The summed E-state index contributed by atoms with van der Waals surface area (Å²) in [5, 5.41) is 17.4. The van der Waals surface area contributed by atoms with E-state index in [2.05, 4.69) is 30.7 Å². The van der Waals surface area contributed by atoms with Gasteiger partial charge in [0, 0.05) is 5.69 Å². The standard InChI is InChI=1S/C15H14N8O2/c1-8-5-9(21-24)6-10(17-8)7-23-14-13(20-22-23)12(18-15(16)19-14)11-3-2-4-25-11/h2-6,24H,7H2,1H3,(H,17,21)(H2,16,18,19). The van der Waals surface area contributed by atoms with Gasteiger partial charge in [0.05, 0.1) is 24.2 Å². The number of nitrogens with zero attached hydrogens (tertiary/aromatic N) is 6. The van der Waals surface area contributed by atoms with Crippen LogP contribution in [0.25, 0.3) is 22.6 Å². The Balaban J connectivity index is 1.80. The van der Waals surface area contributed by atoms with E-state index in [0.29, 0.717) is 40.5 Å². The molecule has 0 spiro atoms. The molecule has 10 nitrogen and oxygen atoms in total. The Hall–Kier alpha value is -3.53. The van der Waals surface area contributed by atoms with Crippen LogP contribution in [0.3, 0.4) is 0 Å². The lowest BCUT2D eigenvalue weighted by molar-refractivity contribution is 0.388. The predicted molar refractivity (Wildman–Crippen MR) is 88.7 cm³/mol. The zero-order valence-electron chi connectivity index (χ0n) is 13.2. The van der Waals surface area contributed by atoms with Gasteiger partial charge in [-0.2, -0.15) is 4.98 Å². The fraction of sp³-hybridized carbons (Fsp3) is 0.133. The molecule has 0 aliphatic rings. The maximum absolute atomic E-state index is 9.10. The summed E-state index contributed by atoms with van der Waals surface area (Å²) in [7, 11) is 0. The fourth-order valence-corrected chi connectivity index (χ4v) is 2.60. The molecule has 0 unspecified atom stereocenters. The highest BCUT2D eigenvalue weighted by molar-refractivity contribution is 5.85. The summed E-state index contributed by atoms with van der Waals surface area (Å²) in [5.41, 5.74) is 11.4. The summed E-state index contributed by atoms with van der Waals surface area (Å²) in [5.74, 6) is 0.629. The number of anilines is 2. The van der Waals surface area contributed by atoms with Gasteiger partial charge in [0.2, 0.25) is 5.95 Å². The number of nitrogens with one attached hydrogen (secondary N) is 1. The van der Waals surface area contributed by atoms with Crippen molar-refractivity contribution in [1.82, 2.24) is 29.9 Å². The number of rotatable bonds is 4. The molecule has 0 radical (unpaired) electrons. The minimum Gasteiger partial charge on any atom is -0.463 e. The van der Waals surface area contributed by atoms with E-state index in [1.807, 2.05) is 6.92 Å². The minimum atomic E-state index is 0.0948. The van der Waals surface area contributed by atoms with Crippen LogP contribution in [0, 0.1) is 6.92 Å². The van der Waals surface area contributed by atoms with Crippen LogP contribution < -0.4 is 11.2 Å². The zero-order chi connectivity index (χ0) is 17.4. The first kappa shape index (κ1) is 15.0. The third kappa shape index (κ3) is 2.74. The van der Waals surface area contributed by atoms with Crippen molar-refractivity contribution in [2.24, 2.45) is 0 Å². The molecule has 0 aliphatic carbocycles. The second-order valence-electron chi connectivity index (χ2n) is 5.43. The van der Waals surface area contributed by atoms with E-state index in [1.165, 1.54) is 0 Å². The number of hydrogen-bond acceptors (Lipinski definition) is 9. The van der Waals surface area contributed by atoms with Crippen molar-refractivity contribution in [3.8, 4) is 11.5 Å². The van der Waals surface area contributed by atoms with Crippen molar-refractivity contribution in [2.75, 3.05) is 11.2 Å². The van der Waals surface area contributed by atoms with E-state index in [-0.39, 0.29) is 5.95 Å². The molecule has 0 aromatic carbocycles. The Labute approximate surface area is 141 Å². The number of nitrogens with two attached hydrogens (primary N) is 1. The summed E-state index contributed by atoms with van der Waals surface area (Å²) in [6.45, 7) is 2.14. The van der Waals surface area contributed by atoms with E-state index < -0.39 is 0 Å². The smallest absolute Gasteiger partial charge is 0.222 e. The quantitative estimate of drug-likeness (QED) is 0.473. The molecule has 126 valence electrons. The molecule has 0 saturated heterocycles. The Bertz CT molecular complexity index is 1040. The average Bonchev–Trinajstić information content (AvgIpc) is 3.24. The van der Waals surface area contributed by atoms with Crippen molar-refractivity contribution in [1.29, 1.82) is 0 Å². The van der Waals surface area contributed by atoms with Gasteiger partial charge >= 0.3 is 0 Å². The highest BCUT2D eigenvalue weighted by atomic mass is 16.5. The van der Waals surface area contributed by atoms with E-state index in [9.17, 15) is 0 Å². The topological polar surface area (TPSA) is 141 Å². The first-order valence-electron chi connectivity index (χ1n) is 7.42. The van der Waals surface area contributed by atoms with Gasteiger partial charge in [0.1, 0.15) is 5.69 Å². The number of aryl methyl sites for hydroxylation is 1. The monoisotopic (exact) mass is 338 g/mol. The Morgan fingerprint density at radius 2 is 2.16 bits per heavy atom. The van der Waals surface area contributed by atoms with Gasteiger partial charge in [0.15, 0.2) is 16.9 Å². The molecule has 4 N–H and O–H groups in total. The van der Waals surface area contributed by atoms with Crippen molar-refractivity contribution < 1.29 is 9.62 Å². The summed E-state index contributed by atoms with van der Waals surface area (Å²) < 4.78 is 6.96. The lowest BCUT2D eigenvalue weighted by atomic mass is 10.2. The predicted octanol–water partition coefficient (Wildman–Crippen LogP) is 1.62. The van der Waals surface area contributed by atoms with Crippen LogP contribution in [0.1, 0.15) is 11.4 Å². The number of furan rings is 1. The van der Waals surface area contributed by atoms with E-state index >= 15 is 0 Å². The second kappa shape index (κ2) is 5.83. The summed E-state index contributed by atoms with van der Waals surface area (Å²) in [6.07, 6.45) is 1.55. The van der Waals surface area contributed by atoms with Gasteiger partial charge in [-0.25, -0.2) is 9.67 Å². The Morgan fingerprint density at radius 1 is 1.28 bits per heavy atom. The van der Waals surface area contributed by atoms with Crippen molar-refractivity contribution >= 4 is 22.8 Å². The van der Waals surface area contributed by atoms with Gasteiger partial charge < -0.3 is 10.2 Å². The molecule has 10 heteroatoms. The van der Waals surface area contributed by atoms with Gasteiger partial charge in [-0.1, -0.05) is 5.21 Å². The Kier molecular flexibility index (Phi) is 3.51. The van der Waals surface area contributed by atoms with Gasteiger partial charge in [-0.15, -0.1) is 5.10 Å². The molecule has 0 bridgehead atoms. The summed E-state index contributed by atoms with van der Waals surface area (Å²) in [4.78, 5) is 12.9. The highest BCUT2D eigenvalue weighted by Gasteiger charge is 2.17. The van der Waals surface area contributed by atoms with E-state index in [0.717, 1.165) is 5.69 Å². The number of pyridine rings is 1. The average molecular weight is 338 g/mol. The maximum atomic E-state index is 9.10. The molecule has 4 aromatic heterocycles. The SMILES string of the molecule is Cc1cc(NO)cc(Cn2nnc3c(-c4ccco4)nc(N)nc32)n1. The molecule has 0 atom stereocenters. The number of hydrogen-bond donors (Lipinski definition) is 3. The molecule has 25 heavy (non-hydrogen) atoms. The number of fused-ring (bicyclic) bond motifs is 1. The van der Waals surface area contributed by atoms with Crippen molar-refractivity contribution in [2.45, 2.75) is 13.5 Å². The zero-order valence-corrected chi connectivity index (χ0v) is 13.2. The molecule has 0 fully saturated rings. The van der Waals surface area contributed by atoms with Crippen molar-refractivity contribution in [3.63, 3.8) is 0 Å². The molecule has 4 heterocycles. The molecule has 4 aromatic rings. The molecule has 0 amide bonds. The molecule has 4 rings (SSSR count). The van der Waals surface area contributed by atoms with Crippen LogP contribution in [0.2, 0.25) is 0 Å². The normalized spacial score (nSPS) is 11.1. The van der Waals surface area contributed by atoms with Gasteiger partial charge in [-0.3, -0.25) is 15.7 Å². The van der Waals surface area contributed by atoms with Crippen LogP contribution in [0.15, 0.2) is 34.9 Å². The highest BCUT2D eigenvalue weighted by Crippen LogP contribution is 2.25. The van der Waals surface area contributed by atoms with Crippen LogP contribution >= 0.6 is 0 Å². The maximum Gasteiger partial charge on any atom is 0.222 e. The van der Waals surface area contributed by atoms with Crippen molar-refractivity contribution in [3.05, 3.63) is 41.9 Å². The summed E-state index contributed by atoms with van der Waals surface area (Å²) >= 11 is 0. The lowest BCUT2D eigenvalue weighted by Gasteiger charge is -2.06. The third-order valence-corrected chi connectivity index (χ3v) is 3.58. The largest absolute Gasteiger partial charge is 0.463 e. The van der Waals surface area contributed by atoms with E-state index in [1.54, 1.807) is 35.2 Å². The van der Waals surface area contributed by atoms with Crippen LogP contribution in [-0.4, -0.2) is 35.2 Å². The second-order valence-corrected chi connectivity index (χ2v) is 5.43. The van der Waals surface area contributed by atoms with Crippen LogP contribution in [0.5, 0.6) is 0 Å². The fourth-order valence-electron chi connectivity index (χ4n) is 2.60. The molecular weight excluding hydrogens is 324 g/mol. The first-order chi connectivity index (χ1) is 12.1. The number of aromatic nitrogens is 6. The van der Waals surface area contributed by atoms with Crippen LogP contribution in [-0.2, 0) is 6.54 Å².